The Kier molecular flexibility index (Phi) is 3.33. The lowest BCUT2D eigenvalue weighted by Gasteiger charge is -2.03. The van der Waals surface area contributed by atoms with Crippen molar-refractivity contribution in [3.8, 4) is 11.8 Å². The molecule has 0 fully saturated rings. The Balaban J connectivity index is 2.90. The predicted octanol–water partition coefficient (Wildman–Crippen LogP) is 2.61. The number of aromatic hydroxyl groups is 1. The molecule has 68 valence electrons. The van der Waals surface area contributed by atoms with Crippen LogP contribution >= 0.6 is 0 Å². The lowest BCUT2D eigenvalue weighted by molar-refractivity contribution is 0.465. The molecule has 0 radical (unpaired) electrons. The maximum absolute atomic E-state index is 9.59. The minimum absolute atomic E-state index is 0.151. The summed E-state index contributed by atoms with van der Waals surface area (Å²) in [5, 5.41) is 18.3. The molecule has 2 nitrogen and oxygen atoms in total. The first-order valence-electron chi connectivity index (χ1n) is 4.50. The number of para-hydroxylation sites is 1. The van der Waals surface area contributed by atoms with Gasteiger partial charge in [-0.05, 0) is 24.5 Å². The largest absolute Gasteiger partial charge is 0.506 e. The zero-order valence-corrected chi connectivity index (χ0v) is 7.75. The normalized spacial score (nSPS) is 9.54. The highest BCUT2D eigenvalue weighted by molar-refractivity contribution is 5.47. The quantitative estimate of drug-likeness (QED) is 0.767. The van der Waals surface area contributed by atoms with Crippen molar-refractivity contribution in [2.75, 3.05) is 0 Å². The summed E-state index contributed by atoms with van der Waals surface area (Å²) >= 11 is 0. The Morgan fingerprint density at radius 2 is 2.23 bits per heavy atom. The summed E-state index contributed by atoms with van der Waals surface area (Å²) in [6, 6.07) is 7.27. The van der Waals surface area contributed by atoms with Crippen molar-refractivity contribution in [3.05, 3.63) is 29.3 Å². The Hall–Kier alpha value is -1.49. The summed E-state index contributed by atoms with van der Waals surface area (Å²) in [7, 11) is 0. The fraction of sp³-hybridized carbons (Fsp3) is 0.364. The van der Waals surface area contributed by atoms with Gasteiger partial charge in [0.15, 0.2) is 0 Å². The van der Waals surface area contributed by atoms with Gasteiger partial charge in [-0.15, -0.1) is 0 Å². The molecule has 0 saturated carbocycles. The molecule has 0 spiro atoms. The van der Waals surface area contributed by atoms with Gasteiger partial charge in [-0.25, -0.2) is 0 Å². The number of nitriles is 1. The van der Waals surface area contributed by atoms with Crippen LogP contribution in [0.3, 0.4) is 0 Å². The van der Waals surface area contributed by atoms with Crippen LogP contribution in [0.2, 0.25) is 0 Å². The molecule has 2 heteroatoms. The number of unbranched alkanes of at least 4 members (excludes halogenated alkanes) is 1. The van der Waals surface area contributed by atoms with Crippen molar-refractivity contribution in [2.24, 2.45) is 0 Å². The molecule has 0 aromatic heterocycles. The van der Waals surface area contributed by atoms with Gasteiger partial charge in [0.05, 0.1) is 5.56 Å². The van der Waals surface area contributed by atoms with Gasteiger partial charge in [0.1, 0.15) is 11.8 Å². The molecule has 0 unspecified atom stereocenters. The highest BCUT2D eigenvalue weighted by Gasteiger charge is 2.04. The van der Waals surface area contributed by atoms with Gasteiger partial charge in [0.2, 0.25) is 0 Å². The Bertz CT molecular complexity index is 325. The van der Waals surface area contributed by atoms with E-state index in [2.05, 4.69) is 6.92 Å². The molecule has 1 aromatic carbocycles. The highest BCUT2D eigenvalue weighted by Crippen LogP contribution is 2.22. The van der Waals surface area contributed by atoms with Crippen molar-refractivity contribution in [2.45, 2.75) is 26.2 Å². The standard InChI is InChI=1S/C11H13NO/c1-2-3-5-9-6-4-7-10(8-12)11(9)13/h4,6-7,13H,2-3,5H2,1H3. The van der Waals surface area contributed by atoms with E-state index in [4.69, 9.17) is 5.26 Å². The molecule has 0 aliphatic rings. The van der Waals surface area contributed by atoms with Crippen molar-refractivity contribution >= 4 is 0 Å². The van der Waals surface area contributed by atoms with Crippen LogP contribution in [0.1, 0.15) is 30.9 Å². The van der Waals surface area contributed by atoms with Crippen LogP contribution in [0, 0.1) is 11.3 Å². The summed E-state index contributed by atoms with van der Waals surface area (Å²) in [6.45, 7) is 2.10. The average Bonchev–Trinajstić information content (AvgIpc) is 2.16. The number of phenolic OH excluding ortho intramolecular Hbond substituents is 1. The van der Waals surface area contributed by atoms with E-state index in [1.807, 2.05) is 18.2 Å². The van der Waals surface area contributed by atoms with E-state index in [1.165, 1.54) is 0 Å². The Labute approximate surface area is 78.4 Å². The van der Waals surface area contributed by atoms with Crippen molar-refractivity contribution in [1.82, 2.24) is 0 Å². The zero-order chi connectivity index (χ0) is 9.68. The second-order valence-electron chi connectivity index (χ2n) is 3.03. The first-order valence-corrected chi connectivity index (χ1v) is 4.50. The summed E-state index contributed by atoms with van der Waals surface area (Å²) in [4.78, 5) is 0. The van der Waals surface area contributed by atoms with Gasteiger partial charge in [-0.1, -0.05) is 25.5 Å². The number of rotatable bonds is 3. The van der Waals surface area contributed by atoms with E-state index in [0.717, 1.165) is 24.8 Å². The predicted molar refractivity (Wildman–Crippen MR) is 51.4 cm³/mol. The van der Waals surface area contributed by atoms with E-state index in [0.29, 0.717) is 5.56 Å². The maximum Gasteiger partial charge on any atom is 0.136 e. The van der Waals surface area contributed by atoms with E-state index in [9.17, 15) is 5.11 Å². The molecule has 0 atom stereocenters. The second kappa shape index (κ2) is 4.51. The number of benzene rings is 1. The Morgan fingerprint density at radius 3 is 2.85 bits per heavy atom. The molecule has 1 aromatic rings. The fourth-order valence-corrected chi connectivity index (χ4v) is 1.25. The third kappa shape index (κ3) is 2.22. The van der Waals surface area contributed by atoms with E-state index in [1.54, 1.807) is 6.07 Å². The van der Waals surface area contributed by atoms with Crippen LogP contribution in [-0.4, -0.2) is 5.11 Å². The van der Waals surface area contributed by atoms with Crippen LogP contribution in [-0.2, 0) is 6.42 Å². The first-order chi connectivity index (χ1) is 6.29. The van der Waals surface area contributed by atoms with Gasteiger partial charge >= 0.3 is 0 Å². The zero-order valence-electron chi connectivity index (χ0n) is 7.75. The molecular weight excluding hydrogens is 162 g/mol. The molecule has 1 rings (SSSR count). The van der Waals surface area contributed by atoms with Crippen LogP contribution < -0.4 is 0 Å². The summed E-state index contributed by atoms with van der Waals surface area (Å²) in [5.41, 5.74) is 1.24. The molecule has 0 aliphatic heterocycles. The van der Waals surface area contributed by atoms with E-state index < -0.39 is 0 Å². The van der Waals surface area contributed by atoms with Gasteiger partial charge in [0, 0.05) is 0 Å². The molecule has 0 heterocycles. The van der Waals surface area contributed by atoms with Gasteiger partial charge in [0.25, 0.3) is 0 Å². The third-order valence-electron chi connectivity index (χ3n) is 2.04. The molecule has 0 amide bonds. The van der Waals surface area contributed by atoms with Crippen LogP contribution in [0.25, 0.3) is 0 Å². The lowest BCUT2D eigenvalue weighted by Crippen LogP contribution is -1.87. The lowest BCUT2D eigenvalue weighted by atomic mass is 10.0. The number of hydrogen-bond donors (Lipinski definition) is 1. The van der Waals surface area contributed by atoms with E-state index >= 15 is 0 Å². The minimum atomic E-state index is 0.151. The molecular formula is C11H13NO. The SMILES string of the molecule is CCCCc1cccc(C#N)c1O. The number of hydrogen-bond acceptors (Lipinski definition) is 2. The second-order valence-corrected chi connectivity index (χ2v) is 3.03. The minimum Gasteiger partial charge on any atom is -0.506 e. The third-order valence-corrected chi connectivity index (χ3v) is 2.04. The van der Waals surface area contributed by atoms with Gasteiger partial charge < -0.3 is 5.11 Å². The fourth-order valence-electron chi connectivity index (χ4n) is 1.25. The molecule has 0 bridgehead atoms. The summed E-state index contributed by atoms with van der Waals surface area (Å²) < 4.78 is 0. The maximum atomic E-state index is 9.59. The number of nitrogens with zero attached hydrogens (tertiary/aromatic N) is 1. The smallest absolute Gasteiger partial charge is 0.136 e. The molecule has 13 heavy (non-hydrogen) atoms. The van der Waals surface area contributed by atoms with Crippen LogP contribution in [0.15, 0.2) is 18.2 Å². The van der Waals surface area contributed by atoms with Crippen LogP contribution in [0.5, 0.6) is 5.75 Å². The van der Waals surface area contributed by atoms with E-state index in [-0.39, 0.29) is 5.75 Å². The van der Waals surface area contributed by atoms with Crippen molar-refractivity contribution in [1.29, 1.82) is 5.26 Å². The summed E-state index contributed by atoms with van der Waals surface area (Å²) in [6.07, 6.45) is 2.98. The monoisotopic (exact) mass is 175 g/mol. The first kappa shape index (κ1) is 9.60. The van der Waals surface area contributed by atoms with Gasteiger partial charge in [-0.2, -0.15) is 5.26 Å². The molecule has 0 aliphatic carbocycles. The van der Waals surface area contributed by atoms with Crippen molar-refractivity contribution < 1.29 is 5.11 Å². The van der Waals surface area contributed by atoms with Gasteiger partial charge in [-0.3, -0.25) is 0 Å². The number of phenols is 1. The molecule has 0 saturated heterocycles. The average molecular weight is 175 g/mol. The number of aryl methyl sites for hydroxylation is 1. The topological polar surface area (TPSA) is 44.0 Å². The van der Waals surface area contributed by atoms with Crippen molar-refractivity contribution in [3.63, 3.8) is 0 Å². The van der Waals surface area contributed by atoms with Crippen LogP contribution in [0.4, 0.5) is 0 Å². The Morgan fingerprint density at radius 1 is 1.46 bits per heavy atom. The summed E-state index contributed by atoms with van der Waals surface area (Å²) in [5.74, 6) is 0.151. The molecule has 1 N–H and O–H groups in total. The highest BCUT2D eigenvalue weighted by atomic mass is 16.3.